The number of rotatable bonds is 4. The Kier molecular flexibility index (Phi) is 4.36. The summed E-state index contributed by atoms with van der Waals surface area (Å²) in [7, 11) is 0. The third-order valence-corrected chi connectivity index (χ3v) is 2.22. The number of azide groups is 1. The van der Waals surface area contributed by atoms with E-state index in [-0.39, 0.29) is 0 Å². The Morgan fingerprint density at radius 2 is 2.31 bits per heavy atom. The van der Waals surface area contributed by atoms with E-state index in [0.717, 1.165) is 23.2 Å². The van der Waals surface area contributed by atoms with E-state index in [4.69, 9.17) is 11.3 Å². The van der Waals surface area contributed by atoms with Crippen molar-refractivity contribution in [3.05, 3.63) is 39.4 Å². The molecule has 0 spiro atoms. The van der Waals surface area contributed by atoms with Crippen molar-refractivity contribution in [1.29, 1.82) is 0 Å². The maximum Gasteiger partial charge on any atom is 0.123 e. The number of nitrogen functional groups attached to an aromatic ring is 1. The first-order valence-electron chi connectivity index (χ1n) is 5.06. The van der Waals surface area contributed by atoms with Crippen LogP contribution in [0.25, 0.3) is 16.5 Å². The van der Waals surface area contributed by atoms with Crippen LogP contribution < -0.4 is 5.73 Å². The molecule has 0 amide bonds. The normalized spacial score (nSPS) is 10.4. The van der Waals surface area contributed by atoms with Gasteiger partial charge in [0.2, 0.25) is 0 Å². The number of hydrogen-bond donors (Lipinski definition) is 1. The number of nitrogens with zero attached hydrogens (tertiary/aromatic N) is 4. The molecule has 0 radical (unpaired) electrons. The Morgan fingerprint density at radius 1 is 1.56 bits per heavy atom. The van der Waals surface area contributed by atoms with Crippen molar-refractivity contribution in [2.24, 2.45) is 5.11 Å². The van der Waals surface area contributed by atoms with Gasteiger partial charge in [0.25, 0.3) is 0 Å². The zero-order valence-corrected chi connectivity index (χ0v) is 9.51. The molecule has 1 heterocycles. The Labute approximate surface area is 94.6 Å². The zero-order valence-electron chi connectivity index (χ0n) is 9.51. The minimum Gasteiger partial charge on any atom is -0.384 e. The highest BCUT2D eigenvalue weighted by Gasteiger charge is 2.01. The molecule has 5 nitrogen and oxygen atoms in total. The lowest BCUT2D eigenvalue weighted by Gasteiger charge is -2.05. The zero-order chi connectivity index (χ0) is 12.0. The third kappa shape index (κ3) is 3.29. The van der Waals surface area contributed by atoms with Gasteiger partial charge in [-0.25, -0.2) is 4.98 Å². The first kappa shape index (κ1) is 12.1. The van der Waals surface area contributed by atoms with Gasteiger partial charge in [0.05, 0.1) is 0 Å². The predicted octanol–water partition coefficient (Wildman–Crippen LogP) is 2.99. The summed E-state index contributed by atoms with van der Waals surface area (Å²) in [6.07, 6.45) is 4.69. The second-order valence-corrected chi connectivity index (χ2v) is 3.51. The second kappa shape index (κ2) is 5.78. The van der Waals surface area contributed by atoms with Crippen molar-refractivity contribution < 1.29 is 0 Å². The van der Waals surface area contributed by atoms with Gasteiger partial charge in [-0.05, 0) is 43.0 Å². The standard InChI is InChI=1S/C11H15N5/c1-8-7-11(12)15-9(2)10(8)5-3-4-6-14-16-13/h3,5,7H,4,6H2,1-2H3,(H2,12,15). The summed E-state index contributed by atoms with van der Waals surface area (Å²) >= 11 is 0. The Balaban J connectivity index is 2.77. The fraction of sp³-hybridized carbons (Fsp3) is 0.364. The van der Waals surface area contributed by atoms with Crippen LogP contribution in [0, 0.1) is 13.8 Å². The van der Waals surface area contributed by atoms with Crippen molar-refractivity contribution >= 4 is 11.9 Å². The third-order valence-electron chi connectivity index (χ3n) is 2.22. The lowest BCUT2D eigenvalue weighted by Crippen LogP contribution is -1.97. The van der Waals surface area contributed by atoms with Gasteiger partial charge in [0.1, 0.15) is 5.82 Å². The maximum atomic E-state index is 8.11. The number of hydrogen-bond acceptors (Lipinski definition) is 3. The lowest BCUT2D eigenvalue weighted by molar-refractivity contribution is 0.995. The van der Waals surface area contributed by atoms with Crippen LogP contribution in [0.1, 0.15) is 23.2 Å². The molecule has 0 unspecified atom stereocenters. The maximum absolute atomic E-state index is 8.11. The van der Waals surface area contributed by atoms with Crippen LogP contribution in [0.5, 0.6) is 0 Å². The molecule has 84 valence electrons. The van der Waals surface area contributed by atoms with Gasteiger partial charge in [0, 0.05) is 17.2 Å². The molecule has 5 heteroatoms. The highest BCUT2D eigenvalue weighted by Crippen LogP contribution is 2.16. The summed E-state index contributed by atoms with van der Waals surface area (Å²) in [6.45, 7) is 4.40. The first-order valence-corrected chi connectivity index (χ1v) is 5.06. The smallest absolute Gasteiger partial charge is 0.123 e. The Morgan fingerprint density at radius 3 is 2.94 bits per heavy atom. The van der Waals surface area contributed by atoms with Crippen LogP contribution in [-0.2, 0) is 0 Å². The van der Waals surface area contributed by atoms with Crippen molar-refractivity contribution in [3.8, 4) is 0 Å². The van der Waals surface area contributed by atoms with E-state index in [0.29, 0.717) is 12.4 Å². The van der Waals surface area contributed by atoms with Crippen LogP contribution in [0.4, 0.5) is 5.82 Å². The molecule has 16 heavy (non-hydrogen) atoms. The highest BCUT2D eigenvalue weighted by molar-refractivity contribution is 5.58. The van der Waals surface area contributed by atoms with Crippen molar-refractivity contribution in [2.75, 3.05) is 12.3 Å². The fourth-order valence-electron chi connectivity index (χ4n) is 1.50. The quantitative estimate of drug-likeness (QED) is 0.363. The lowest BCUT2D eigenvalue weighted by atomic mass is 10.1. The van der Waals surface area contributed by atoms with E-state index in [2.05, 4.69) is 15.0 Å². The SMILES string of the molecule is Cc1cc(N)nc(C)c1C=CCCN=[N+]=[N-]. The van der Waals surface area contributed by atoms with Gasteiger partial charge in [-0.3, -0.25) is 0 Å². The van der Waals surface area contributed by atoms with E-state index in [1.165, 1.54) is 0 Å². The van der Waals surface area contributed by atoms with Crippen LogP contribution in [-0.4, -0.2) is 11.5 Å². The number of aryl methyl sites for hydroxylation is 2. The molecular formula is C11H15N5. The van der Waals surface area contributed by atoms with Crippen molar-refractivity contribution in [1.82, 2.24) is 4.98 Å². The van der Waals surface area contributed by atoms with E-state index in [9.17, 15) is 0 Å². The van der Waals surface area contributed by atoms with E-state index >= 15 is 0 Å². The van der Waals surface area contributed by atoms with Gasteiger partial charge in [-0.15, -0.1) is 0 Å². The molecule has 1 aromatic heterocycles. The average molecular weight is 217 g/mol. The second-order valence-electron chi connectivity index (χ2n) is 3.51. The molecule has 0 saturated heterocycles. The summed E-state index contributed by atoms with van der Waals surface area (Å²) in [6, 6.07) is 1.85. The van der Waals surface area contributed by atoms with Gasteiger partial charge >= 0.3 is 0 Å². The van der Waals surface area contributed by atoms with Crippen molar-refractivity contribution in [2.45, 2.75) is 20.3 Å². The molecule has 0 aliphatic heterocycles. The largest absolute Gasteiger partial charge is 0.384 e. The number of aromatic nitrogens is 1. The average Bonchev–Trinajstić information content (AvgIpc) is 2.20. The number of pyridine rings is 1. The first-order chi connectivity index (χ1) is 7.65. The van der Waals surface area contributed by atoms with Crippen LogP contribution in [0.15, 0.2) is 17.3 Å². The highest BCUT2D eigenvalue weighted by atomic mass is 15.1. The number of anilines is 1. The molecular weight excluding hydrogens is 202 g/mol. The minimum atomic E-state index is 0.480. The molecule has 0 atom stereocenters. The van der Waals surface area contributed by atoms with E-state index < -0.39 is 0 Å². The molecule has 0 bridgehead atoms. The molecule has 0 aromatic carbocycles. The molecule has 0 saturated carbocycles. The van der Waals surface area contributed by atoms with Crippen molar-refractivity contribution in [3.63, 3.8) is 0 Å². The molecule has 0 aliphatic rings. The van der Waals surface area contributed by atoms with Gasteiger partial charge in [0.15, 0.2) is 0 Å². The molecule has 1 aromatic rings. The van der Waals surface area contributed by atoms with Gasteiger partial charge in [-0.1, -0.05) is 17.3 Å². The number of nitrogens with two attached hydrogens (primary N) is 1. The monoisotopic (exact) mass is 217 g/mol. The summed E-state index contributed by atoms with van der Waals surface area (Å²) in [4.78, 5) is 6.88. The van der Waals surface area contributed by atoms with Gasteiger partial charge in [-0.2, -0.15) is 0 Å². The van der Waals surface area contributed by atoms with Crippen LogP contribution in [0.3, 0.4) is 0 Å². The van der Waals surface area contributed by atoms with Gasteiger partial charge < -0.3 is 5.73 Å². The van der Waals surface area contributed by atoms with Crippen LogP contribution >= 0.6 is 0 Å². The Bertz CT molecular complexity index is 421. The molecule has 1 rings (SSSR count). The van der Waals surface area contributed by atoms with E-state index in [1.807, 2.05) is 32.1 Å². The fourth-order valence-corrected chi connectivity index (χ4v) is 1.50. The molecule has 0 fully saturated rings. The topological polar surface area (TPSA) is 87.7 Å². The Hall–Kier alpha value is -2.00. The summed E-state index contributed by atoms with van der Waals surface area (Å²) < 4.78 is 0. The van der Waals surface area contributed by atoms with Crippen LogP contribution in [0.2, 0.25) is 0 Å². The minimum absolute atomic E-state index is 0.480. The molecule has 0 aliphatic carbocycles. The predicted molar refractivity (Wildman–Crippen MR) is 65.8 cm³/mol. The summed E-state index contributed by atoms with van der Waals surface area (Å²) in [5.74, 6) is 0.543. The summed E-state index contributed by atoms with van der Waals surface area (Å²) in [5.41, 5.74) is 16.8. The molecule has 2 N–H and O–H groups in total. The summed E-state index contributed by atoms with van der Waals surface area (Å²) in [5, 5.41) is 3.46. The van der Waals surface area contributed by atoms with E-state index in [1.54, 1.807) is 0 Å².